The molecule has 0 radical (unpaired) electrons. The number of methoxy groups -OCH3 is 2. The van der Waals surface area contributed by atoms with Gasteiger partial charge >= 0.3 is 0 Å². The number of halogens is 1. The number of carbonyl (C=O) groups is 1. The van der Waals surface area contributed by atoms with Gasteiger partial charge in [0, 0.05) is 31.8 Å². The number of nitrogens with one attached hydrogen (secondary N) is 1. The maximum absolute atomic E-state index is 12.6. The van der Waals surface area contributed by atoms with Crippen LogP contribution in [0.25, 0.3) is 0 Å². The van der Waals surface area contributed by atoms with Crippen LogP contribution in [0.3, 0.4) is 0 Å². The van der Waals surface area contributed by atoms with E-state index < -0.39 is 0 Å². The fourth-order valence-corrected chi connectivity index (χ4v) is 2.76. The molecule has 2 aromatic rings. The van der Waals surface area contributed by atoms with Crippen molar-refractivity contribution in [3.8, 4) is 11.5 Å². The summed E-state index contributed by atoms with van der Waals surface area (Å²) in [6.07, 6.45) is 1.96. The van der Waals surface area contributed by atoms with Crippen molar-refractivity contribution in [3.05, 3.63) is 34.7 Å². The number of unbranched alkanes of at least 4 members (excludes halogenated alkanes) is 1. The summed E-state index contributed by atoms with van der Waals surface area (Å²) in [4.78, 5) is 22.9. The first-order valence-electron chi connectivity index (χ1n) is 8.69. The van der Waals surface area contributed by atoms with Crippen LogP contribution in [-0.4, -0.2) is 48.6 Å². The lowest BCUT2D eigenvalue weighted by atomic mass is 10.2. The molecular weight excluding hydrogens is 368 g/mol. The highest BCUT2D eigenvalue weighted by Gasteiger charge is 2.16. The Bertz CT molecular complexity index is 814. The molecular formula is C19H25ClN4O3. The summed E-state index contributed by atoms with van der Waals surface area (Å²) < 4.78 is 10.6. The Morgan fingerprint density at radius 2 is 1.89 bits per heavy atom. The van der Waals surface area contributed by atoms with E-state index in [0.717, 1.165) is 12.8 Å². The molecule has 1 heterocycles. The van der Waals surface area contributed by atoms with Crippen molar-refractivity contribution in [2.24, 2.45) is 0 Å². The summed E-state index contributed by atoms with van der Waals surface area (Å²) in [5, 5.41) is 3.60. The molecule has 1 aromatic carbocycles. The average Bonchev–Trinajstić information content (AvgIpc) is 2.65. The normalized spacial score (nSPS) is 10.4. The quantitative estimate of drug-likeness (QED) is 0.729. The van der Waals surface area contributed by atoms with Crippen LogP contribution in [0, 0.1) is 6.92 Å². The summed E-state index contributed by atoms with van der Waals surface area (Å²) in [6, 6.07) is 4.99. The van der Waals surface area contributed by atoms with Crippen LogP contribution in [-0.2, 0) is 0 Å². The van der Waals surface area contributed by atoms with Crippen LogP contribution in [0.4, 0.5) is 11.5 Å². The zero-order chi connectivity index (χ0) is 20.0. The molecule has 0 saturated heterocycles. The summed E-state index contributed by atoms with van der Waals surface area (Å²) in [6.45, 7) is 4.51. The van der Waals surface area contributed by atoms with Gasteiger partial charge in [-0.15, -0.1) is 0 Å². The standard InChI is InChI=1S/C19H25ClN4O3/c1-6-7-8-24(3)19(25)15-11-18(22-12(2)21-15)23-14-10-16(26-4)13(20)9-17(14)27-5/h9-11H,6-8H2,1-5H3,(H,21,22,23). The molecule has 0 unspecified atom stereocenters. The smallest absolute Gasteiger partial charge is 0.272 e. The molecule has 0 aliphatic heterocycles. The predicted octanol–water partition coefficient (Wildman–Crippen LogP) is 4.07. The molecule has 1 aromatic heterocycles. The van der Waals surface area contributed by atoms with Crippen LogP contribution in [0.1, 0.15) is 36.1 Å². The number of hydrogen-bond acceptors (Lipinski definition) is 6. The van der Waals surface area contributed by atoms with E-state index in [4.69, 9.17) is 21.1 Å². The minimum Gasteiger partial charge on any atom is -0.495 e. The third-order valence-corrected chi connectivity index (χ3v) is 4.28. The fourth-order valence-electron chi connectivity index (χ4n) is 2.53. The lowest BCUT2D eigenvalue weighted by Crippen LogP contribution is -2.28. The highest BCUT2D eigenvalue weighted by molar-refractivity contribution is 6.32. The molecule has 0 fully saturated rings. The lowest BCUT2D eigenvalue weighted by molar-refractivity contribution is 0.0787. The fraction of sp³-hybridized carbons (Fsp3) is 0.421. The molecule has 0 atom stereocenters. The molecule has 1 amide bonds. The van der Waals surface area contributed by atoms with E-state index in [1.165, 1.54) is 7.11 Å². The third kappa shape index (κ3) is 5.23. The van der Waals surface area contributed by atoms with Gasteiger partial charge in [0.25, 0.3) is 5.91 Å². The van der Waals surface area contributed by atoms with Crippen molar-refractivity contribution in [3.63, 3.8) is 0 Å². The summed E-state index contributed by atoms with van der Waals surface area (Å²) in [5.41, 5.74) is 0.957. The molecule has 0 aliphatic rings. The van der Waals surface area contributed by atoms with Crippen LogP contribution in [0.2, 0.25) is 5.02 Å². The van der Waals surface area contributed by atoms with Gasteiger partial charge in [-0.3, -0.25) is 4.79 Å². The molecule has 0 bridgehead atoms. The van der Waals surface area contributed by atoms with E-state index in [1.807, 2.05) is 0 Å². The van der Waals surface area contributed by atoms with Gasteiger partial charge in [-0.05, 0) is 13.3 Å². The van der Waals surface area contributed by atoms with Gasteiger partial charge in [0.05, 0.1) is 24.9 Å². The molecule has 8 heteroatoms. The topological polar surface area (TPSA) is 76.6 Å². The molecule has 27 heavy (non-hydrogen) atoms. The van der Waals surface area contributed by atoms with E-state index >= 15 is 0 Å². The Balaban J connectivity index is 2.33. The molecule has 1 N–H and O–H groups in total. The zero-order valence-corrected chi connectivity index (χ0v) is 17.1. The Hall–Kier alpha value is -2.54. The molecule has 7 nitrogen and oxygen atoms in total. The minimum absolute atomic E-state index is 0.141. The van der Waals surface area contributed by atoms with Gasteiger partial charge < -0.3 is 19.7 Å². The summed E-state index contributed by atoms with van der Waals surface area (Å²) in [7, 11) is 4.86. The van der Waals surface area contributed by atoms with Gasteiger partial charge in [0.15, 0.2) is 0 Å². The molecule has 0 aliphatic carbocycles. The molecule has 2 rings (SSSR count). The van der Waals surface area contributed by atoms with Crippen molar-refractivity contribution in [2.45, 2.75) is 26.7 Å². The number of ether oxygens (including phenoxy) is 2. The number of carbonyl (C=O) groups excluding carboxylic acids is 1. The van der Waals surface area contributed by atoms with E-state index in [0.29, 0.717) is 46.1 Å². The van der Waals surface area contributed by atoms with E-state index in [-0.39, 0.29) is 5.91 Å². The van der Waals surface area contributed by atoms with Crippen molar-refractivity contribution >= 4 is 29.0 Å². The van der Waals surface area contributed by atoms with Gasteiger partial charge in [0.1, 0.15) is 28.8 Å². The maximum atomic E-state index is 12.6. The first-order valence-corrected chi connectivity index (χ1v) is 9.07. The predicted molar refractivity (Wildman–Crippen MR) is 106 cm³/mol. The Labute approximate surface area is 164 Å². The first-order chi connectivity index (χ1) is 12.9. The number of aromatic nitrogens is 2. The number of aryl methyl sites for hydroxylation is 1. The van der Waals surface area contributed by atoms with Crippen LogP contribution in [0.15, 0.2) is 18.2 Å². The SMILES string of the molecule is CCCCN(C)C(=O)c1cc(Nc2cc(OC)c(Cl)cc2OC)nc(C)n1. The molecule has 146 valence electrons. The van der Waals surface area contributed by atoms with Gasteiger partial charge in [0.2, 0.25) is 0 Å². The average molecular weight is 393 g/mol. The van der Waals surface area contributed by atoms with Crippen molar-refractivity contribution in [1.82, 2.24) is 14.9 Å². The number of benzene rings is 1. The Morgan fingerprint density at radius 3 is 2.52 bits per heavy atom. The van der Waals surface area contributed by atoms with E-state index in [1.54, 1.807) is 44.2 Å². The maximum Gasteiger partial charge on any atom is 0.272 e. The van der Waals surface area contributed by atoms with Crippen LogP contribution < -0.4 is 14.8 Å². The number of amides is 1. The number of hydrogen-bond donors (Lipinski definition) is 1. The van der Waals surface area contributed by atoms with Gasteiger partial charge in [-0.2, -0.15) is 0 Å². The van der Waals surface area contributed by atoms with Crippen LogP contribution >= 0.6 is 11.6 Å². The van der Waals surface area contributed by atoms with Crippen molar-refractivity contribution in [1.29, 1.82) is 0 Å². The zero-order valence-electron chi connectivity index (χ0n) is 16.3. The van der Waals surface area contributed by atoms with E-state index in [2.05, 4.69) is 22.2 Å². The second kappa shape index (κ2) is 9.41. The summed E-state index contributed by atoms with van der Waals surface area (Å²) >= 11 is 6.14. The monoisotopic (exact) mass is 392 g/mol. The van der Waals surface area contributed by atoms with Crippen molar-refractivity contribution in [2.75, 3.05) is 33.1 Å². The second-order valence-electron chi connectivity index (χ2n) is 6.08. The molecule has 0 spiro atoms. The lowest BCUT2D eigenvalue weighted by Gasteiger charge is -2.17. The molecule has 0 saturated carbocycles. The van der Waals surface area contributed by atoms with Crippen molar-refractivity contribution < 1.29 is 14.3 Å². The number of anilines is 2. The highest BCUT2D eigenvalue weighted by atomic mass is 35.5. The second-order valence-corrected chi connectivity index (χ2v) is 6.49. The number of rotatable bonds is 8. The third-order valence-electron chi connectivity index (χ3n) is 3.99. The van der Waals surface area contributed by atoms with Crippen LogP contribution in [0.5, 0.6) is 11.5 Å². The largest absolute Gasteiger partial charge is 0.495 e. The highest BCUT2D eigenvalue weighted by Crippen LogP contribution is 2.37. The van der Waals surface area contributed by atoms with Gasteiger partial charge in [-0.25, -0.2) is 9.97 Å². The first kappa shape index (κ1) is 20.8. The minimum atomic E-state index is -0.141. The van der Waals surface area contributed by atoms with Gasteiger partial charge in [-0.1, -0.05) is 24.9 Å². The van der Waals surface area contributed by atoms with E-state index in [9.17, 15) is 4.79 Å². The number of nitrogens with zero attached hydrogens (tertiary/aromatic N) is 3. The Morgan fingerprint density at radius 1 is 1.19 bits per heavy atom. The summed E-state index contributed by atoms with van der Waals surface area (Å²) in [5.74, 6) is 1.87. The Kier molecular flexibility index (Phi) is 7.24.